The smallest absolute Gasteiger partial charge is 0.234 e. The topological polar surface area (TPSA) is 75.9 Å². The van der Waals surface area contributed by atoms with E-state index < -0.39 is 0 Å². The first-order chi connectivity index (χ1) is 15.1. The number of nitrogens with zero attached hydrogens (tertiary/aromatic N) is 5. The molecule has 3 aromatic rings. The molecule has 0 bridgehead atoms. The van der Waals surface area contributed by atoms with Crippen LogP contribution in [-0.2, 0) is 17.8 Å². The first kappa shape index (κ1) is 22.8. The summed E-state index contributed by atoms with van der Waals surface area (Å²) in [6.45, 7) is 11.0. The minimum Gasteiger partial charge on any atom is -0.371 e. The molecule has 0 unspecified atom stereocenters. The molecule has 0 aliphatic heterocycles. The highest BCUT2D eigenvalue weighted by Gasteiger charge is 2.16. The molecule has 0 spiro atoms. The molecule has 0 atom stereocenters. The second-order valence-electron chi connectivity index (χ2n) is 7.01. The molecule has 0 saturated carbocycles. The Morgan fingerprint density at radius 2 is 1.77 bits per heavy atom. The fraction of sp³-hybridized carbons (Fsp3) is 0.391. The zero-order valence-corrected chi connectivity index (χ0v) is 19.4. The van der Waals surface area contributed by atoms with E-state index >= 15 is 0 Å². The maximum absolute atomic E-state index is 12.4. The van der Waals surface area contributed by atoms with E-state index in [0.717, 1.165) is 36.6 Å². The number of hydrogen-bond donors (Lipinski definition) is 1. The van der Waals surface area contributed by atoms with E-state index in [2.05, 4.69) is 52.2 Å². The van der Waals surface area contributed by atoms with Crippen LogP contribution in [0.25, 0.3) is 11.5 Å². The molecule has 7 nitrogen and oxygen atoms in total. The van der Waals surface area contributed by atoms with Crippen LogP contribution in [0.4, 0.5) is 11.4 Å². The van der Waals surface area contributed by atoms with E-state index in [1.165, 1.54) is 17.3 Å². The normalized spacial score (nSPS) is 10.8. The number of anilines is 2. The van der Waals surface area contributed by atoms with Gasteiger partial charge in [-0.1, -0.05) is 30.8 Å². The Hall–Kier alpha value is -2.87. The molecule has 2 aromatic heterocycles. The molecule has 0 radical (unpaired) electrons. The largest absolute Gasteiger partial charge is 0.371 e. The van der Waals surface area contributed by atoms with Gasteiger partial charge >= 0.3 is 0 Å². The van der Waals surface area contributed by atoms with Gasteiger partial charge in [0.05, 0.1) is 17.6 Å². The van der Waals surface area contributed by atoms with Gasteiger partial charge in [-0.05, 0) is 57.0 Å². The molecule has 0 fully saturated rings. The van der Waals surface area contributed by atoms with E-state index in [4.69, 9.17) is 0 Å². The summed E-state index contributed by atoms with van der Waals surface area (Å²) in [6.07, 6.45) is 2.85. The van der Waals surface area contributed by atoms with Crippen LogP contribution in [0, 0.1) is 0 Å². The maximum Gasteiger partial charge on any atom is 0.234 e. The van der Waals surface area contributed by atoms with Gasteiger partial charge in [-0.25, -0.2) is 0 Å². The third-order valence-electron chi connectivity index (χ3n) is 5.12. The summed E-state index contributed by atoms with van der Waals surface area (Å²) in [6, 6.07) is 12.0. The zero-order valence-electron chi connectivity index (χ0n) is 18.6. The lowest BCUT2D eigenvalue weighted by Gasteiger charge is -2.20. The lowest BCUT2D eigenvalue weighted by Crippen LogP contribution is -2.21. The van der Waals surface area contributed by atoms with E-state index in [9.17, 15) is 4.79 Å². The predicted octanol–water partition coefficient (Wildman–Crippen LogP) is 4.50. The second-order valence-corrected chi connectivity index (χ2v) is 7.95. The molecule has 1 amide bonds. The maximum atomic E-state index is 12.4. The van der Waals surface area contributed by atoms with Crippen LogP contribution in [0.5, 0.6) is 0 Å². The Morgan fingerprint density at radius 1 is 1.03 bits per heavy atom. The lowest BCUT2D eigenvalue weighted by molar-refractivity contribution is -0.113. The van der Waals surface area contributed by atoms with Crippen LogP contribution in [0.15, 0.2) is 47.8 Å². The summed E-state index contributed by atoms with van der Waals surface area (Å²) in [5.74, 6) is 0.914. The van der Waals surface area contributed by atoms with Crippen LogP contribution < -0.4 is 10.2 Å². The Balaban J connectivity index is 1.66. The molecule has 2 heterocycles. The Labute approximate surface area is 188 Å². The first-order valence-corrected chi connectivity index (χ1v) is 11.7. The third kappa shape index (κ3) is 5.64. The standard InChI is InChI=1S/C23H30N6OS/c1-5-17-9-11-18(12-10-17)25-21(30)16-31-23-27-26-22(29(23)8-4)20-14-13-19(15-24-20)28(6-2)7-3/h9-15H,5-8,16H2,1-4H3,(H,25,30). The molecule has 0 aliphatic rings. The van der Waals surface area contributed by atoms with Crippen LogP contribution in [0.2, 0.25) is 0 Å². The molecule has 1 aromatic carbocycles. The van der Waals surface area contributed by atoms with Crippen LogP contribution >= 0.6 is 11.8 Å². The predicted molar refractivity (Wildman–Crippen MR) is 128 cm³/mol. The van der Waals surface area contributed by atoms with Crippen molar-refractivity contribution in [3.8, 4) is 11.5 Å². The van der Waals surface area contributed by atoms with Crippen molar-refractivity contribution >= 4 is 29.0 Å². The van der Waals surface area contributed by atoms with E-state index in [0.29, 0.717) is 17.5 Å². The minimum absolute atomic E-state index is 0.0665. The quantitative estimate of drug-likeness (QED) is 0.470. The van der Waals surface area contributed by atoms with Crippen molar-refractivity contribution in [1.29, 1.82) is 0 Å². The van der Waals surface area contributed by atoms with Gasteiger partial charge in [0.2, 0.25) is 5.91 Å². The number of nitrogens with one attached hydrogen (secondary N) is 1. The molecule has 0 saturated heterocycles. The van der Waals surface area contributed by atoms with Crippen LogP contribution in [0.3, 0.4) is 0 Å². The Morgan fingerprint density at radius 3 is 2.35 bits per heavy atom. The molecule has 31 heavy (non-hydrogen) atoms. The summed E-state index contributed by atoms with van der Waals surface area (Å²) >= 11 is 1.38. The number of carbonyl (C=O) groups is 1. The summed E-state index contributed by atoms with van der Waals surface area (Å²) in [5, 5.41) is 12.3. The zero-order chi connectivity index (χ0) is 22.2. The molecular formula is C23H30N6OS. The molecule has 164 valence electrons. The Kier molecular flexibility index (Phi) is 8.06. The molecule has 0 aliphatic carbocycles. The van der Waals surface area contributed by atoms with Crippen molar-refractivity contribution in [2.45, 2.75) is 45.8 Å². The number of aromatic nitrogens is 4. The van der Waals surface area contributed by atoms with Gasteiger partial charge in [0.1, 0.15) is 5.69 Å². The molecule has 8 heteroatoms. The number of rotatable bonds is 10. The van der Waals surface area contributed by atoms with Crippen molar-refractivity contribution in [2.24, 2.45) is 0 Å². The number of carbonyl (C=O) groups excluding carboxylic acids is 1. The monoisotopic (exact) mass is 438 g/mol. The number of hydrogen-bond acceptors (Lipinski definition) is 6. The van der Waals surface area contributed by atoms with Gasteiger partial charge < -0.3 is 14.8 Å². The molecular weight excluding hydrogens is 408 g/mol. The SMILES string of the molecule is CCc1ccc(NC(=O)CSc2nnc(-c3ccc(N(CC)CC)cn3)n2CC)cc1. The molecule has 1 N–H and O–H groups in total. The fourth-order valence-corrected chi connectivity index (χ4v) is 4.12. The van der Waals surface area contributed by atoms with Gasteiger partial charge in [-0.2, -0.15) is 0 Å². The van der Waals surface area contributed by atoms with E-state index in [-0.39, 0.29) is 11.7 Å². The molecule has 3 rings (SSSR count). The van der Waals surface area contributed by atoms with Crippen molar-refractivity contribution < 1.29 is 4.79 Å². The lowest BCUT2D eigenvalue weighted by atomic mass is 10.1. The average molecular weight is 439 g/mol. The number of amides is 1. The van der Waals surface area contributed by atoms with Crippen LogP contribution in [-0.4, -0.2) is 44.5 Å². The summed E-state index contributed by atoms with van der Waals surface area (Å²) < 4.78 is 1.99. The van der Waals surface area contributed by atoms with Crippen molar-refractivity contribution in [2.75, 3.05) is 29.1 Å². The fourth-order valence-electron chi connectivity index (χ4n) is 3.32. The van der Waals surface area contributed by atoms with Crippen molar-refractivity contribution in [3.05, 3.63) is 48.2 Å². The highest BCUT2D eigenvalue weighted by Crippen LogP contribution is 2.24. The number of benzene rings is 1. The third-order valence-corrected chi connectivity index (χ3v) is 6.08. The van der Waals surface area contributed by atoms with Crippen molar-refractivity contribution in [1.82, 2.24) is 19.7 Å². The highest BCUT2D eigenvalue weighted by atomic mass is 32.2. The van der Waals surface area contributed by atoms with Gasteiger partial charge in [-0.3, -0.25) is 9.78 Å². The van der Waals surface area contributed by atoms with Gasteiger partial charge in [-0.15, -0.1) is 10.2 Å². The average Bonchev–Trinajstić information content (AvgIpc) is 3.22. The number of aryl methyl sites for hydroxylation is 1. The van der Waals surface area contributed by atoms with E-state index in [1.54, 1.807) is 0 Å². The highest BCUT2D eigenvalue weighted by molar-refractivity contribution is 7.99. The first-order valence-electron chi connectivity index (χ1n) is 10.8. The van der Waals surface area contributed by atoms with Crippen LogP contribution in [0.1, 0.15) is 33.3 Å². The van der Waals surface area contributed by atoms with Gasteiger partial charge in [0, 0.05) is 25.3 Å². The van der Waals surface area contributed by atoms with E-state index in [1.807, 2.05) is 48.0 Å². The van der Waals surface area contributed by atoms with Crippen molar-refractivity contribution in [3.63, 3.8) is 0 Å². The minimum atomic E-state index is -0.0665. The van der Waals surface area contributed by atoms with Gasteiger partial charge in [0.25, 0.3) is 0 Å². The number of pyridine rings is 1. The summed E-state index contributed by atoms with van der Waals surface area (Å²) in [7, 11) is 0. The second kappa shape index (κ2) is 10.9. The Bertz CT molecular complexity index is 980. The number of thioether (sulfide) groups is 1. The summed E-state index contributed by atoms with van der Waals surface area (Å²) in [5.41, 5.74) is 3.92. The van der Waals surface area contributed by atoms with Gasteiger partial charge in [0.15, 0.2) is 11.0 Å². The summed E-state index contributed by atoms with van der Waals surface area (Å²) in [4.78, 5) is 19.2.